The molecule has 0 saturated heterocycles. The minimum absolute atomic E-state index is 0.0284. The molecule has 104 valence electrons. The summed E-state index contributed by atoms with van der Waals surface area (Å²) in [6.07, 6.45) is -4.14. The second-order valence-corrected chi connectivity index (χ2v) is 3.63. The zero-order valence-corrected chi connectivity index (χ0v) is 9.84. The topological polar surface area (TPSA) is 42.2 Å². The van der Waals surface area contributed by atoms with Crippen LogP contribution in [-0.2, 0) is 4.74 Å². The molecule has 0 aliphatic carbocycles. The Morgan fingerprint density at radius 2 is 1.95 bits per heavy atom. The Morgan fingerprint density at radius 3 is 2.53 bits per heavy atom. The number of alkyl halides is 3. The van der Waals surface area contributed by atoms with Crippen LogP contribution >= 0.6 is 0 Å². The number of hydrogen-bond donors (Lipinski definition) is 0. The molecule has 0 saturated carbocycles. The highest BCUT2D eigenvalue weighted by Crippen LogP contribution is 2.18. The van der Waals surface area contributed by atoms with Crippen LogP contribution in [0.1, 0.15) is 12.0 Å². The lowest BCUT2D eigenvalue weighted by Crippen LogP contribution is -2.18. The Morgan fingerprint density at radius 1 is 1.21 bits per heavy atom. The van der Waals surface area contributed by atoms with E-state index in [1.807, 2.05) is 0 Å². The van der Waals surface area contributed by atoms with Crippen LogP contribution in [0.3, 0.4) is 0 Å². The predicted octanol–water partition coefficient (Wildman–Crippen LogP) is 3.05. The second-order valence-electron chi connectivity index (χ2n) is 3.63. The molecule has 0 atom stereocenters. The number of nitriles is 1. The van der Waals surface area contributed by atoms with E-state index in [9.17, 15) is 17.6 Å². The van der Waals surface area contributed by atoms with Crippen LogP contribution < -0.4 is 4.74 Å². The lowest BCUT2D eigenvalue weighted by atomic mass is 10.2. The van der Waals surface area contributed by atoms with E-state index in [1.165, 1.54) is 12.1 Å². The maximum atomic E-state index is 13.3. The van der Waals surface area contributed by atoms with Gasteiger partial charge >= 0.3 is 6.18 Å². The van der Waals surface area contributed by atoms with E-state index in [0.717, 1.165) is 6.07 Å². The zero-order valence-electron chi connectivity index (χ0n) is 9.84. The smallest absolute Gasteiger partial charge is 0.411 e. The van der Waals surface area contributed by atoms with Gasteiger partial charge in [-0.3, -0.25) is 0 Å². The number of halogens is 4. The lowest BCUT2D eigenvalue weighted by molar-refractivity contribution is -0.174. The Labute approximate surface area is 107 Å². The van der Waals surface area contributed by atoms with E-state index >= 15 is 0 Å². The fourth-order valence-corrected chi connectivity index (χ4v) is 1.22. The number of benzene rings is 1. The predicted molar refractivity (Wildman–Crippen MR) is 58.1 cm³/mol. The molecular formula is C12H11F4NO2. The van der Waals surface area contributed by atoms with Crippen molar-refractivity contribution >= 4 is 0 Å². The van der Waals surface area contributed by atoms with Gasteiger partial charge in [-0.2, -0.15) is 18.4 Å². The molecule has 19 heavy (non-hydrogen) atoms. The minimum Gasteiger partial charge on any atom is -0.490 e. The molecule has 0 amide bonds. The molecule has 0 spiro atoms. The van der Waals surface area contributed by atoms with E-state index in [2.05, 4.69) is 4.74 Å². The summed E-state index contributed by atoms with van der Waals surface area (Å²) in [7, 11) is 0. The van der Waals surface area contributed by atoms with Crippen molar-refractivity contribution in [3.8, 4) is 11.8 Å². The molecule has 0 aliphatic rings. The molecule has 0 aliphatic heterocycles. The molecule has 0 heterocycles. The largest absolute Gasteiger partial charge is 0.490 e. The Balaban J connectivity index is 2.25. The molecule has 3 nitrogen and oxygen atoms in total. The molecule has 0 N–H and O–H groups in total. The van der Waals surface area contributed by atoms with Crippen LogP contribution in [0.5, 0.6) is 5.75 Å². The van der Waals surface area contributed by atoms with E-state index < -0.39 is 18.6 Å². The van der Waals surface area contributed by atoms with Crippen LogP contribution in [0.15, 0.2) is 18.2 Å². The highest BCUT2D eigenvalue weighted by atomic mass is 19.4. The summed E-state index contributed by atoms with van der Waals surface area (Å²) in [5, 5.41) is 8.53. The van der Waals surface area contributed by atoms with Gasteiger partial charge in [0.05, 0.1) is 24.8 Å². The normalized spacial score (nSPS) is 11.1. The maximum absolute atomic E-state index is 13.3. The number of ether oxygens (including phenoxy) is 2. The first-order valence-corrected chi connectivity index (χ1v) is 5.39. The highest BCUT2D eigenvalue weighted by molar-refractivity contribution is 5.35. The van der Waals surface area contributed by atoms with E-state index in [-0.39, 0.29) is 30.9 Å². The van der Waals surface area contributed by atoms with Gasteiger partial charge in [-0.15, -0.1) is 0 Å². The molecule has 0 fully saturated rings. The molecular weight excluding hydrogens is 266 g/mol. The average molecular weight is 277 g/mol. The van der Waals surface area contributed by atoms with E-state index in [0.29, 0.717) is 0 Å². The monoisotopic (exact) mass is 277 g/mol. The van der Waals surface area contributed by atoms with Crippen molar-refractivity contribution in [2.75, 3.05) is 19.8 Å². The second kappa shape index (κ2) is 6.95. The summed E-state index contributed by atoms with van der Waals surface area (Å²) >= 11 is 0. The van der Waals surface area contributed by atoms with Crippen LogP contribution in [0.2, 0.25) is 0 Å². The zero-order chi connectivity index (χ0) is 14.3. The van der Waals surface area contributed by atoms with Gasteiger partial charge in [0.2, 0.25) is 0 Å². The van der Waals surface area contributed by atoms with E-state index in [1.54, 1.807) is 6.07 Å². The molecule has 1 rings (SSSR count). The van der Waals surface area contributed by atoms with Crippen LogP contribution in [-0.4, -0.2) is 26.0 Å². The summed E-state index contributed by atoms with van der Waals surface area (Å²) in [5.41, 5.74) is 0.165. The highest BCUT2D eigenvalue weighted by Gasteiger charge is 2.27. The van der Waals surface area contributed by atoms with Gasteiger partial charge in [0.25, 0.3) is 0 Å². The van der Waals surface area contributed by atoms with Crippen molar-refractivity contribution in [1.29, 1.82) is 5.26 Å². The fourth-order valence-electron chi connectivity index (χ4n) is 1.22. The molecule has 0 unspecified atom stereocenters. The van der Waals surface area contributed by atoms with E-state index in [4.69, 9.17) is 10.00 Å². The molecule has 1 aromatic rings. The van der Waals surface area contributed by atoms with Crippen molar-refractivity contribution in [3.63, 3.8) is 0 Å². The molecule has 0 aromatic heterocycles. The van der Waals surface area contributed by atoms with Crippen LogP contribution in [0.4, 0.5) is 17.6 Å². The summed E-state index contributed by atoms with van der Waals surface area (Å²) in [5.74, 6) is -0.731. The summed E-state index contributed by atoms with van der Waals surface area (Å²) in [6.45, 7) is -1.41. The maximum Gasteiger partial charge on any atom is 0.411 e. The third kappa shape index (κ3) is 6.06. The first kappa shape index (κ1) is 15.2. The first-order chi connectivity index (χ1) is 8.92. The van der Waals surface area contributed by atoms with Gasteiger partial charge in [-0.05, 0) is 18.2 Å². The van der Waals surface area contributed by atoms with Crippen molar-refractivity contribution in [1.82, 2.24) is 0 Å². The van der Waals surface area contributed by atoms with Crippen molar-refractivity contribution in [3.05, 3.63) is 29.6 Å². The van der Waals surface area contributed by atoms with Gasteiger partial charge < -0.3 is 9.47 Å². The van der Waals surface area contributed by atoms with Crippen LogP contribution in [0, 0.1) is 17.1 Å². The van der Waals surface area contributed by atoms with Crippen molar-refractivity contribution < 1.29 is 27.0 Å². The molecule has 0 bridgehead atoms. The van der Waals surface area contributed by atoms with Gasteiger partial charge in [-0.1, -0.05) is 0 Å². The van der Waals surface area contributed by atoms with Gasteiger partial charge in [0.1, 0.15) is 6.61 Å². The van der Waals surface area contributed by atoms with Gasteiger partial charge in [0, 0.05) is 6.42 Å². The molecule has 7 heteroatoms. The number of rotatable bonds is 6. The number of nitrogens with zero attached hydrogens (tertiary/aromatic N) is 1. The number of hydrogen-bond acceptors (Lipinski definition) is 3. The van der Waals surface area contributed by atoms with Crippen molar-refractivity contribution in [2.45, 2.75) is 12.6 Å². The quantitative estimate of drug-likeness (QED) is 0.593. The molecule has 0 radical (unpaired) electrons. The SMILES string of the molecule is N#Cc1ccc(OCCCOCC(F)(F)F)c(F)c1. The van der Waals surface area contributed by atoms with Crippen LogP contribution in [0.25, 0.3) is 0 Å². The summed E-state index contributed by atoms with van der Waals surface area (Å²) in [4.78, 5) is 0. The summed E-state index contributed by atoms with van der Waals surface area (Å²) < 4.78 is 57.9. The van der Waals surface area contributed by atoms with Gasteiger partial charge in [0.15, 0.2) is 11.6 Å². The Bertz CT molecular complexity index is 454. The van der Waals surface area contributed by atoms with Crippen molar-refractivity contribution in [2.24, 2.45) is 0 Å². The standard InChI is InChI=1S/C12H11F4NO2/c13-10-6-9(7-17)2-3-11(10)19-5-1-4-18-8-12(14,15)16/h2-3,6H,1,4-5,8H2. The average Bonchev–Trinajstić information content (AvgIpc) is 2.33. The first-order valence-electron chi connectivity index (χ1n) is 5.39. The molecule has 1 aromatic carbocycles. The van der Waals surface area contributed by atoms with Gasteiger partial charge in [-0.25, -0.2) is 4.39 Å². The lowest BCUT2D eigenvalue weighted by Gasteiger charge is -2.09. The minimum atomic E-state index is -4.35. The third-order valence-electron chi connectivity index (χ3n) is 2.02. The summed E-state index contributed by atoms with van der Waals surface area (Å²) in [6, 6.07) is 5.48. The Kier molecular flexibility index (Phi) is 5.57. The fraction of sp³-hybridized carbons (Fsp3) is 0.417. The Hall–Kier alpha value is -1.81. The third-order valence-corrected chi connectivity index (χ3v) is 2.02.